The second-order valence-corrected chi connectivity index (χ2v) is 8.28. The Morgan fingerprint density at radius 2 is 1.78 bits per heavy atom. The van der Waals surface area contributed by atoms with Gasteiger partial charge in [0.05, 0.1) is 14.2 Å². The lowest BCUT2D eigenvalue weighted by Crippen LogP contribution is -2.44. The van der Waals surface area contributed by atoms with E-state index in [9.17, 15) is 0 Å². The summed E-state index contributed by atoms with van der Waals surface area (Å²) >= 11 is 0. The summed E-state index contributed by atoms with van der Waals surface area (Å²) in [5.41, 5.74) is 3.93. The molecule has 0 spiro atoms. The lowest BCUT2D eigenvalue weighted by atomic mass is 9.99. The number of aliphatic imine (C=N–C) groups is 1. The van der Waals surface area contributed by atoms with Gasteiger partial charge in [0.2, 0.25) is 0 Å². The first-order valence-corrected chi connectivity index (χ1v) is 11.3. The van der Waals surface area contributed by atoms with Crippen molar-refractivity contribution in [1.82, 2.24) is 10.2 Å². The molecule has 2 aromatic carbocycles. The third-order valence-electron chi connectivity index (χ3n) is 6.26. The van der Waals surface area contributed by atoms with Gasteiger partial charge in [-0.05, 0) is 61.1 Å². The highest BCUT2D eigenvalue weighted by atomic mass is 127. The number of guanidine groups is 1. The molecule has 0 aliphatic carbocycles. The molecule has 174 valence electrons. The molecule has 6 nitrogen and oxygen atoms in total. The summed E-state index contributed by atoms with van der Waals surface area (Å²) in [6.45, 7) is 7.84. The van der Waals surface area contributed by atoms with Crippen LogP contribution in [0.1, 0.15) is 24.5 Å². The summed E-state index contributed by atoms with van der Waals surface area (Å²) in [5.74, 6) is 3.20. The number of benzene rings is 2. The topological polar surface area (TPSA) is 49.3 Å². The fourth-order valence-electron chi connectivity index (χ4n) is 4.56. The van der Waals surface area contributed by atoms with Crippen LogP contribution in [0.15, 0.2) is 47.5 Å². The fourth-order valence-corrected chi connectivity index (χ4v) is 4.56. The second kappa shape index (κ2) is 11.6. The Balaban J connectivity index is 0.00000289. The molecule has 4 rings (SSSR count). The minimum atomic E-state index is 0. The quantitative estimate of drug-likeness (QED) is 0.333. The summed E-state index contributed by atoms with van der Waals surface area (Å²) < 4.78 is 11.0. The molecular weight excluding hydrogens is 515 g/mol. The monoisotopic (exact) mass is 550 g/mol. The number of para-hydroxylation sites is 1. The van der Waals surface area contributed by atoms with Crippen molar-refractivity contribution in [2.75, 3.05) is 51.8 Å². The number of rotatable bonds is 6. The predicted octanol–water partition coefficient (Wildman–Crippen LogP) is 4.17. The van der Waals surface area contributed by atoms with Gasteiger partial charge in [-0.3, -0.25) is 4.99 Å². The molecule has 2 heterocycles. The first kappa shape index (κ1) is 24.5. The predicted molar refractivity (Wildman–Crippen MR) is 142 cm³/mol. The van der Waals surface area contributed by atoms with E-state index in [1.807, 2.05) is 0 Å². The van der Waals surface area contributed by atoms with Gasteiger partial charge in [0.15, 0.2) is 17.5 Å². The van der Waals surface area contributed by atoms with Crippen molar-refractivity contribution < 1.29 is 9.47 Å². The first-order valence-electron chi connectivity index (χ1n) is 11.3. The van der Waals surface area contributed by atoms with E-state index in [2.05, 4.69) is 64.5 Å². The van der Waals surface area contributed by atoms with Crippen molar-refractivity contribution >= 4 is 35.6 Å². The Hall–Kier alpha value is -2.16. The average molecular weight is 550 g/mol. The molecule has 0 radical (unpaired) electrons. The molecule has 32 heavy (non-hydrogen) atoms. The zero-order valence-corrected chi connectivity index (χ0v) is 21.7. The summed E-state index contributed by atoms with van der Waals surface area (Å²) in [6.07, 6.45) is 2.17. The summed E-state index contributed by atoms with van der Waals surface area (Å²) in [4.78, 5) is 9.88. The van der Waals surface area contributed by atoms with E-state index in [1.54, 1.807) is 14.2 Å². The summed E-state index contributed by atoms with van der Waals surface area (Å²) in [7, 11) is 3.38. The molecule has 1 unspecified atom stereocenters. The third kappa shape index (κ3) is 5.60. The van der Waals surface area contributed by atoms with Crippen molar-refractivity contribution in [1.29, 1.82) is 0 Å². The molecule has 1 atom stereocenters. The molecule has 0 bridgehead atoms. The zero-order chi connectivity index (χ0) is 21.6. The van der Waals surface area contributed by atoms with Crippen LogP contribution >= 0.6 is 24.0 Å². The van der Waals surface area contributed by atoms with Crippen LogP contribution in [0.3, 0.4) is 0 Å². The maximum atomic E-state index is 5.51. The smallest absolute Gasteiger partial charge is 0.194 e. The van der Waals surface area contributed by atoms with E-state index in [0.717, 1.165) is 63.1 Å². The van der Waals surface area contributed by atoms with Gasteiger partial charge in [-0.2, -0.15) is 0 Å². The minimum Gasteiger partial charge on any atom is -0.493 e. The minimum absolute atomic E-state index is 0. The maximum absolute atomic E-state index is 5.51. The molecule has 2 aliphatic rings. The van der Waals surface area contributed by atoms with E-state index in [-0.39, 0.29) is 24.0 Å². The van der Waals surface area contributed by atoms with Gasteiger partial charge >= 0.3 is 0 Å². The molecule has 1 N–H and O–H groups in total. The van der Waals surface area contributed by atoms with Crippen molar-refractivity contribution in [3.8, 4) is 11.5 Å². The van der Waals surface area contributed by atoms with Crippen molar-refractivity contribution in [2.24, 2.45) is 10.9 Å². The molecule has 0 saturated carbocycles. The number of methoxy groups -OCH3 is 2. The number of ether oxygens (including phenoxy) is 2. The highest BCUT2D eigenvalue weighted by Gasteiger charge is 2.24. The molecular formula is C25H35IN4O2. The van der Waals surface area contributed by atoms with Gasteiger partial charge in [0, 0.05) is 45.0 Å². The lowest BCUT2D eigenvalue weighted by Gasteiger charge is -2.32. The summed E-state index contributed by atoms with van der Waals surface area (Å²) in [6, 6.07) is 14.9. The van der Waals surface area contributed by atoms with Gasteiger partial charge in [0.25, 0.3) is 0 Å². The Bertz CT molecular complexity index is 906. The van der Waals surface area contributed by atoms with E-state index >= 15 is 0 Å². The molecule has 0 amide bonds. The number of halogens is 1. The number of fused-ring (bicyclic) bond motifs is 1. The normalized spacial score (nSPS) is 18.1. The number of anilines is 1. The largest absolute Gasteiger partial charge is 0.493 e. The Morgan fingerprint density at radius 3 is 2.47 bits per heavy atom. The number of nitrogens with one attached hydrogen (secondary N) is 1. The molecule has 1 fully saturated rings. The van der Waals surface area contributed by atoms with Crippen molar-refractivity contribution in [2.45, 2.75) is 26.3 Å². The van der Waals surface area contributed by atoms with Crippen LogP contribution in [-0.4, -0.2) is 57.8 Å². The van der Waals surface area contributed by atoms with Crippen molar-refractivity contribution in [3.63, 3.8) is 0 Å². The van der Waals surface area contributed by atoms with E-state index < -0.39 is 0 Å². The van der Waals surface area contributed by atoms with Gasteiger partial charge in [-0.25, -0.2) is 0 Å². The second-order valence-electron chi connectivity index (χ2n) is 8.28. The van der Waals surface area contributed by atoms with Crippen LogP contribution in [0.5, 0.6) is 11.5 Å². The highest BCUT2D eigenvalue weighted by molar-refractivity contribution is 14.0. The van der Waals surface area contributed by atoms with Crippen LogP contribution in [0, 0.1) is 5.92 Å². The molecule has 1 saturated heterocycles. The van der Waals surface area contributed by atoms with Crippen LogP contribution in [0.4, 0.5) is 5.69 Å². The zero-order valence-electron chi connectivity index (χ0n) is 19.3. The number of hydrogen-bond acceptors (Lipinski definition) is 4. The van der Waals surface area contributed by atoms with Crippen LogP contribution in [-0.2, 0) is 13.0 Å². The lowest BCUT2D eigenvalue weighted by molar-refractivity contribution is 0.345. The SMILES string of the molecule is CCNC(=NCC1CCN(c2ccccc2)C1)N1CCc2cc(OC)c(OC)cc2C1.I. The van der Waals surface area contributed by atoms with E-state index in [1.165, 1.54) is 23.2 Å². The highest BCUT2D eigenvalue weighted by Crippen LogP contribution is 2.33. The third-order valence-corrected chi connectivity index (χ3v) is 6.26. The molecule has 2 aliphatic heterocycles. The maximum Gasteiger partial charge on any atom is 0.194 e. The van der Waals surface area contributed by atoms with Gasteiger partial charge in [-0.15, -0.1) is 24.0 Å². The van der Waals surface area contributed by atoms with Gasteiger partial charge in [-0.1, -0.05) is 18.2 Å². The van der Waals surface area contributed by atoms with Gasteiger partial charge in [0.1, 0.15) is 0 Å². The Morgan fingerprint density at radius 1 is 1.06 bits per heavy atom. The van der Waals surface area contributed by atoms with Crippen molar-refractivity contribution in [3.05, 3.63) is 53.6 Å². The van der Waals surface area contributed by atoms with Gasteiger partial charge < -0.3 is 24.6 Å². The Kier molecular flexibility index (Phi) is 8.90. The Labute approximate surface area is 209 Å². The average Bonchev–Trinajstić information content (AvgIpc) is 3.30. The van der Waals surface area contributed by atoms with Crippen LogP contribution in [0.25, 0.3) is 0 Å². The number of hydrogen-bond donors (Lipinski definition) is 1. The van der Waals surface area contributed by atoms with Crippen LogP contribution in [0.2, 0.25) is 0 Å². The molecule has 7 heteroatoms. The molecule has 0 aromatic heterocycles. The van der Waals surface area contributed by atoms with E-state index in [0.29, 0.717) is 5.92 Å². The number of nitrogens with zero attached hydrogens (tertiary/aromatic N) is 3. The molecule has 2 aromatic rings. The van der Waals surface area contributed by atoms with E-state index in [4.69, 9.17) is 14.5 Å². The van der Waals surface area contributed by atoms with Crippen LogP contribution < -0.4 is 19.7 Å². The summed E-state index contributed by atoms with van der Waals surface area (Å²) in [5, 5.41) is 3.51. The standard InChI is InChI=1S/C25H34N4O2.HI/c1-4-26-25(27-16-19-10-12-28(17-19)22-8-6-5-7-9-22)29-13-11-20-14-23(30-2)24(31-3)15-21(20)18-29;/h5-9,14-15,19H,4,10-13,16-18H2,1-3H3,(H,26,27);1H. The first-order chi connectivity index (χ1) is 15.2. The fraction of sp³-hybridized carbons (Fsp3) is 0.480.